The van der Waals surface area contributed by atoms with Crippen LogP contribution < -0.4 is 5.32 Å². The zero-order valence-corrected chi connectivity index (χ0v) is 11.0. The zero-order chi connectivity index (χ0) is 11.4. The fraction of sp³-hybridized carbons (Fsp3) is 1.00. The third kappa shape index (κ3) is 3.44. The van der Waals surface area contributed by atoms with Crippen LogP contribution in [-0.2, 0) is 0 Å². The van der Waals surface area contributed by atoms with Gasteiger partial charge in [-0.3, -0.25) is 4.90 Å². The minimum Gasteiger partial charge on any atom is -0.342 e. The second-order valence-corrected chi connectivity index (χ2v) is 5.64. The lowest BCUT2D eigenvalue weighted by atomic mass is 9.96. The minimum atomic E-state index is 0.810. The molecule has 1 atom stereocenters. The average molecular weight is 226 g/mol. The first-order valence-electron chi connectivity index (χ1n) is 7.06. The van der Waals surface area contributed by atoms with Gasteiger partial charge in [0, 0.05) is 13.1 Å². The number of quaternary nitrogens is 1. The predicted molar refractivity (Wildman–Crippen MR) is 67.5 cm³/mol. The molecule has 0 amide bonds. The Bertz CT molecular complexity index is 199. The van der Waals surface area contributed by atoms with E-state index in [2.05, 4.69) is 29.0 Å². The first-order valence-corrected chi connectivity index (χ1v) is 7.06. The number of piperazine rings is 1. The average Bonchev–Trinajstić information content (AvgIpc) is 2.30. The Morgan fingerprint density at radius 1 is 1.12 bits per heavy atom. The highest BCUT2D eigenvalue weighted by atomic mass is 15.2. The van der Waals surface area contributed by atoms with Crippen molar-refractivity contribution in [3.63, 3.8) is 0 Å². The first kappa shape index (κ1) is 12.3. The van der Waals surface area contributed by atoms with Crippen molar-refractivity contribution in [3.8, 4) is 0 Å². The summed E-state index contributed by atoms with van der Waals surface area (Å²) < 4.78 is 0. The van der Waals surface area contributed by atoms with Crippen molar-refractivity contribution in [2.75, 3.05) is 45.8 Å². The molecule has 0 saturated carbocycles. The van der Waals surface area contributed by atoms with E-state index in [9.17, 15) is 0 Å². The molecule has 0 aromatic carbocycles. The van der Waals surface area contributed by atoms with Gasteiger partial charge in [-0.2, -0.15) is 0 Å². The lowest BCUT2D eigenvalue weighted by molar-refractivity contribution is -0.694. The summed E-state index contributed by atoms with van der Waals surface area (Å²) in [7, 11) is 0. The van der Waals surface area contributed by atoms with Gasteiger partial charge in [-0.1, -0.05) is 6.92 Å². The summed E-state index contributed by atoms with van der Waals surface area (Å²) >= 11 is 0. The van der Waals surface area contributed by atoms with Crippen molar-refractivity contribution >= 4 is 0 Å². The minimum absolute atomic E-state index is 0.810. The Kier molecular flexibility index (Phi) is 4.62. The number of rotatable bonds is 3. The molecule has 0 spiro atoms. The number of nitrogens with two attached hydrogens (primary N) is 1. The molecule has 0 bridgehead atoms. The van der Waals surface area contributed by atoms with Gasteiger partial charge in [-0.15, -0.1) is 0 Å². The van der Waals surface area contributed by atoms with Crippen LogP contribution >= 0.6 is 0 Å². The van der Waals surface area contributed by atoms with Gasteiger partial charge in [0.05, 0.1) is 19.1 Å². The maximum Gasteiger partial charge on any atom is 0.0959 e. The number of nitrogens with zero attached hydrogens (tertiary/aromatic N) is 2. The molecule has 0 aliphatic carbocycles. The summed E-state index contributed by atoms with van der Waals surface area (Å²) in [6, 6.07) is 0.810. The second kappa shape index (κ2) is 5.99. The number of piperidine rings is 1. The summed E-state index contributed by atoms with van der Waals surface area (Å²) in [5, 5.41) is 2.48. The van der Waals surface area contributed by atoms with Crippen LogP contribution in [0.5, 0.6) is 0 Å². The Morgan fingerprint density at radius 2 is 1.88 bits per heavy atom. The van der Waals surface area contributed by atoms with Crippen LogP contribution in [0.2, 0.25) is 0 Å². The van der Waals surface area contributed by atoms with Crippen molar-refractivity contribution in [1.29, 1.82) is 0 Å². The van der Waals surface area contributed by atoms with E-state index in [4.69, 9.17) is 0 Å². The SMILES string of the molecule is CCN1CCC(CN2CC[NH2+][C@@H](C)C2)CC1. The molecule has 0 aromatic rings. The summed E-state index contributed by atoms with van der Waals surface area (Å²) in [6.45, 7) is 13.8. The second-order valence-electron chi connectivity index (χ2n) is 5.64. The van der Waals surface area contributed by atoms with E-state index in [1.165, 1.54) is 58.7 Å². The fourth-order valence-corrected chi connectivity index (χ4v) is 3.13. The van der Waals surface area contributed by atoms with Crippen molar-refractivity contribution < 1.29 is 5.32 Å². The molecule has 2 aliphatic rings. The highest BCUT2D eigenvalue weighted by Crippen LogP contribution is 2.18. The van der Waals surface area contributed by atoms with Crippen LogP contribution in [-0.4, -0.2) is 61.7 Å². The van der Waals surface area contributed by atoms with Gasteiger partial charge in [0.25, 0.3) is 0 Å². The quantitative estimate of drug-likeness (QED) is 0.731. The van der Waals surface area contributed by atoms with Crippen molar-refractivity contribution in [2.24, 2.45) is 5.92 Å². The van der Waals surface area contributed by atoms with Crippen LogP contribution in [0.4, 0.5) is 0 Å². The summed E-state index contributed by atoms with van der Waals surface area (Å²) in [4.78, 5) is 5.28. The first-order chi connectivity index (χ1) is 7.78. The van der Waals surface area contributed by atoms with Gasteiger partial charge in [0.15, 0.2) is 0 Å². The molecule has 2 heterocycles. The Labute approximate surface area is 100 Å². The fourth-order valence-electron chi connectivity index (χ4n) is 3.13. The van der Waals surface area contributed by atoms with E-state index < -0.39 is 0 Å². The van der Waals surface area contributed by atoms with Gasteiger partial charge in [0.1, 0.15) is 0 Å². The highest BCUT2D eigenvalue weighted by Gasteiger charge is 2.24. The summed E-state index contributed by atoms with van der Waals surface area (Å²) in [6.07, 6.45) is 2.84. The molecule has 0 unspecified atom stereocenters. The molecule has 0 aromatic heterocycles. The number of likely N-dealkylation sites (tertiary alicyclic amines) is 1. The summed E-state index contributed by atoms with van der Waals surface area (Å²) in [5.74, 6) is 0.966. The molecule has 2 aliphatic heterocycles. The van der Waals surface area contributed by atoms with E-state index in [1.807, 2.05) is 0 Å². The predicted octanol–water partition coefficient (Wildman–Crippen LogP) is -0.0142. The smallest absolute Gasteiger partial charge is 0.0959 e. The topological polar surface area (TPSA) is 23.1 Å². The van der Waals surface area contributed by atoms with Crippen LogP contribution in [0.1, 0.15) is 26.7 Å². The van der Waals surface area contributed by atoms with Crippen molar-refractivity contribution in [2.45, 2.75) is 32.7 Å². The maximum absolute atomic E-state index is 2.69. The molecule has 2 N–H and O–H groups in total. The number of hydrogen-bond acceptors (Lipinski definition) is 2. The third-order valence-corrected chi connectivity index (χ3v) is 4.23. The molecule has 16 heavy (non-hydrogen) atoms. The van der Waals surface area contributed by atoms with E-state index in [1.54, 1.807) is 0 Å². The Morgan fingerprint density at radius 3 is 2.50 bits per heavy atom. The van der Waals surface area contributed by atoms with Gasteiger partial charge in [-0.05, 0) is 45.3 Å². The largest absolute Gasteiger partial charge is 0.342 e. The van der Waals surface area contributed by atoms with Gasteiger partial charge < -0.3 is 10.2 Å². The van der Waals surface area contributed by atoms with E-state index in [-0.39, 0.29) is 0 Å². The zero-order valence-electron chi connectivity index (χ0n) is 11.0. The number of hydrogen-bond donors (Lipinski definition) is 1. The highest BCUT2D eigenvalue weighted by molar-refractivity contribution is 4.76. The van der Waals surface area contributed by atoms with Gasteiger partial charge in [-0.25, -0.2) is 0 Å². The van der Waals surface area contributed by atoms with Crippen LogP contribution in [0.3, 0.4) is 0 Å². The maximum atomic E-state index is 2.69. The molecule has 2 rings (SSSR count). The molecule has 94 valence electrons. The lowest BCUT2D eigenvalue weighted by Crippen LogP contribution is -2.94. The Hall–Kier alpha value is -0.120. The molecule has 0 radical (unpaired) electrons. The molecule has 2 saturated heterocycles. The third-order valence-electron chi connectivity index (χ3n) is 4.23. The van der Waals surface area contributed by atoms with Crippen molar-refractivity contribution in [3.05, 3.63) is 0 Å². The van der Waals surface area contributed by atoms with Crippen molar-refractivity contribution in [1.82, 2.24) is 9.80 Å². The normalized spacial score (nSPS) is 30.8. The molecular formula is C13H28N3+. The standard InChI is InChI=1S/C13H27N3/c1-3-15-7-4-13(5-8-15)11-16-9-6-14-12(2)10-16/h12-14H,3-11H2,1-2H3/p+1/t12-/m0/s1. The molecular weight excluding hydrogens is 198 g/mol. The van der Waals surface area contributed by atoms with E-state index >= 15 is 0 Å². The van der Waals surface area contributed by atoms with Crippen LogP contribution in [0.25, 0.3) is 0 Å². The lowest BCUT2D eigenvalue weighted by Gasteiger charge is -2.36. The van der Waals surface area contributed by atoms with E-state index in [0.29, 0.717) is 0 Å². The van der Waals surface area contributed by atoms with Gasteiger partial charge >= 0.3 is 0 Å². The molecule has 2 fully saturated rings. The van der Waals surface area contributed by atoms with Crippen LogP contribution in [0, 0.1) is 5.92 Å². The summed E-state index contributed by atoms with van der Waals surface area (Å²) in [5.41, 5.74) is 0. The van der Waals surface area contributed by atoms with Gasteiger partial charge in [0.2, 0.25) is 0 Å². The molecule has 3 nitrogen and oxygen atoms in total. The van der Waals surface area contributed by atoms with E-state index in [0.717, 1.165) is 12.0 Å². The Balaban J connectivity index is 1.69. The molecule has 3 heteroatoms. The van der Waals surface area contributed by atoms with Crippen LogP contribution in [0.15, 0.2) is 0 Å². The monoisotopic (exact) mass is 226 g/mol.